The molecule has 0 unspecified atom stereocenters. The van der Waals surface area contributed by atoms with E-state index in [2.05, 4.69) is 12.2 Å². The van der Waals surface area contributed by atoms with E-state index in [-0.39, 0.29) is 41.4 Å². The largest absolute Gasteiger partial charge is 0.481 e. The predicted molar refractivity (Wildman–Crippen MR) is 121 cm³/mol. The van der Waals surface area contributed by atoms with Gasteiger partial charge in [0.25, 0.3) is 0 Å². The van der Waals surface area contributed by atoms with E-state index >= 15 is 0 Å². The summed E-state index contributed by atoms with van der Waals surface area (Å²) in [7, 11) is 0. The highest BCUT2D eigenvalue weighted by atomic mass is 19.1. The molecule has 6 heteroatoms. The van der Waals surface area contributed by atoms with E-state index in [0.717, 1.165) is 30.4 Å². The lowest BCUT2D eigenvalue weighted by atomic mass is 9.69. The smallest absolute Gasteiger partial charge is 0.303 e. The number of aliphatic carboxylic acids is 1. The van der Waals surface area contributed by atoms with Crippen molar-refractivity contribution >= 4 is 5.97 Å². The van der Waals surface area contributed by atoms with Crippen LogP contribution in [0.25, 0.3) is 0 Å². The Morgan fingerprint density at radius 1 is 1.09 bits per heavy atom. The zero-order valence-electron chi connectivity index (χ0n) is 18.6. The molecular formula is C27H30F2O4. The van der Waals surface area contributed by atoms with Gasteiger partial charge in [0.2, 0.25) is 0 Å². The number of halogens is 2. The molecule has 1 heterocycles. The molecule has 0 amide bonds. The number of hydrogen-bond acceptors (Lipinski definition) is 3. The minimum absolute atomic E-state index is 0.0775. The molecule has 4 atom stereocenters. The molecule has 0 radical (unpaired) electrons. The molecule has 2 aliphatic rings. The Morgan fingerprint density at radius 2 is 1.79 bits per heavy atom. The van der Waals surface area contributed by atoms with Gasteiger partial charge in [0, 0.05) is 17.8 Å². The molecule has 176 valence electrons. The van der Waals surface area contributed by atoms with Gasteiger partial charge >= 0.3 is 5.97 Å². The quantitative estimate of drug-likeness (QED) is 0.350. The molecule has 4 nitrogen and oxygen atoms in total. The lowest BCUT2D eigenvalue weighted by Crippen LogP contribution is -2.41. The molecule has 1 N–H and O–H groups in total. The summed E-state index contributed by atoms with van der Waals surface area (Å²) in [6.45, 7) is 1.54. The van der Waals surface area contributed by atoms with Crippen molar-refractivity contribution in [1.82, 2.24) is 0 Å². The Hall–Kier alpha value is -2.57. The maximum atomic E-state index is 13.6. The molecule has 4 rings (SSSR count). The number of benzene rings is 2. The van der Waals surface area contributed by atoms with E-state index in [4.69, 9.17) is 14.6 Å². The first-order chi connectivity index (χ1) is 16.0. The van der Waals surface area contributed by atoms with Gasteiger partial charge in [-0.05, 0) is 67.0 Å². The van der Waals surface area contributed by atoms with E-state index in [1.54, 1.807) is 12.1 Å². The molecule has 33 heavy (non-hydrogen) atoms. The fraction of sp³-hybridized carbons (Fsp3) is 0.444. The fourth-order valence-corrected chi connectivity index (χ4v) is 5.38. The summed E-state index contributed by atoms with van der Waals surface area (Å²) in [5.74, 6) is -0.838. The zero-order chi connectivity index (χ0) is 23.3. The third-order valence-corrected chi connectivity index (χ3v) is 7.05. The van der Waals surface area contributed by atoms with Crippen molar-refractivity contribution in [3.8, 4) is 0 Å². The van der Waals surface area contributed by atoms with Crippen LogP contribution in [-0.2, 0) is 26.3 Å². The van der Waals surface area contributed by atoms with E-state index in [9.17, 15) is 13.6 Å². The summed E-state index contributed by atoms with van der Waals surface area (Å²) in [4.78, 5) is 10.7. The Bertz CT molecular complexity index is 957. The molecule has 2 bridgehead atoms. The summed E-state index contributed by atoms with van der Waals surface area (Å²) >= 11 is 0. The van der Waals surface area contributed by atoms with E-state index in [0.29, 0.717) is 26.2 Å². The van der Waals surface area contributed by atoms with Crippen LogP contribution < -0.4 is 0 Å². The fourth-order valence-electron chi connectivity index (χ4n) is 5.38. The van der Waals surface area contributed by atoms with Gasteiger partial charge in [-0.25, -0.2) is 8.78 Å². The third kappa shape index (κ3) is 5.50. The van der Waals surface area contributed by atoms with Crippen molar-refractivity contribution in [2.45, 2.75) is 50.2 Å². The van der Waals surface area contributed by atoms with Crippen molar-refractivity contribution < 1.29 is 28.2 Å². The lowest BCUT2D eigenvalue weighted by molar-refractivity contribution is -0.137. The van der Waals surface area contributed by atoms with Crippen LogP contribution in [-0.4, -0.2) is 30.4 Å². The summed E-state index contributed by atoms with van der Waals surface area (Å²) in [5, 5.41) is 8.81. The van der Waals surface area contributed by atoms with Crippen LogP contribution in [0.5, 0.6) is 0 Å². The number of carbonyl (C=O) groups is 1. The standard InChI is InChI=1S/C27H30F2O4/c28-21-11-7-19(8-12-21)16-32-17-23-24(5-3-1-2-4-6-26(30)31)27(15-25(23)33-18-27)20-9-13-22(29)14-10-20/h1,3,7-14,23-25H,2,4-6,15-18H2,(H,30,31)/t23-,24-,25-,27-/m1/s1. The van der Waals surface area contributed by atoms with E-state index < -0.39 is 5.97 Å². The molecule has 1 saturated heterocycles. The molecule has 2 fully saturated rings. The van der Waals surface area contributed by atoms with Crippen molar-refractivity contribution in [3.05, 3.63) is 83.4 Å². The van der Waals surface area contributed by atoms with Crippen LogP contribution in [0.4, 0.5) is 8.78 Å². The molecule has 1 aliphatic heterocycles. The second kappa shape index (κ2) is 10.6. The first-order valence-corrected chi connectivity index (χ1v) is 11.5. The van der Waals surface area contributed by atoms with Crippen LogP contribution in [0.15, 0.2) is 60.7 Å². The number of carboxylic acid groups (broad SMARTS) is 1. The normalized spacial score (nSPS) is 26.3. The van der Waals surface area contributed by atoms with Crippen LogP contribution >= 0.6 is 0 Å². The van der Waals surface area contributed by atoms with Gasteiger partial charge < -0.3 is 14.6 Å². The Morgan fingerprint density at radius 3 is 2.48 bits per heavy atom. The van der Waals surface area contributed by atoms with Gasteiger partial charge in [0.1, 0.15) is 11.6 Å². The maximum Gasteiger partial charge on any atom is 0.303 e. The summed E-state index contributed by atoms with van der Waals surface area (Å²) < 4.78 is 39.0. The summed E-state index contributed by atoms with van der Waals surface area (Å²) in [5.41, 5.74) is 1.83. The second-order valence-electron chi connectivity index (χ2n) is 9.12. The monoisotopic (exact) mass is 456 g/mol. The lowest BCUT2D eigenvalue weighted by Gasteiger charge is -2.39. The number of hydrogen-bond donors (Lipinski definition) is 1. The second-order valence-corrected chi connectivity index (χ2v) is 9.12. The third-order valence-electron chi connectivity index (χ3n) is 7.05. The topological polar surface area (TPSA) is 55.8 Å². The zero-order valence-corrected chi connectivity index (χ0v) is 18.6. The average molecular weight is 457 g/mol. The number of ether oxygens (including phenoxy) is 2. The van der Waals surface area contributed by atoms with Gasteiger partial charge in [0.05, 0.1) is 25.9 Å². The molecule has 1 aliphatic carbocycles. The maximum absolute atomic E-state index is 13.6. The Labute approximate surface area is 193 Å². The van der Waals surface area contributed by atoms with Gasteiger partial charge in [-0.15, -0.1) is 0 Å². The molecule has 0 spiro atoms. The SMILES string of the molecule is O=C(O)CCCC=CC[C@@H]1[C@@H](COCc2ccc(F)cc2)[C@H]2C[C@]1(c1ccc(F)cc1)CO2. The van der Waals surface area contributed by atoms with E-state index in [1.807, 2.05) is 12.1 Å². The summed E-state index contributed by atoms with van der Waals surface area (Å²) in [6, 6.07) is 13.1. The molecule has 0 aromatic heterocycles. The van der Waals surface area contributed by atoms with Crippen molar-refractivity contribution in [3.63, 3.8) is 0 Å². The van der Waals surface area contributed by atoms with Crippen LogP contribution in [0, 0.1) is 23.5 Å². The number of allylic oxidation sites excluding steroid dienone is 2. The molecular weight excluding hydrogens is 426 g/mol. The summed E-state index contributed by atoms with van der Waals surface area (Å²) in [6.07, 6.45) is 7.51. The van der Waals surface area contributed by atoms with Crippen molar-refractivity contribution in [2.75, 3.05) is 13.2 Å². The highest BCUT2D eigenvalue weighted by Crippen LogP contribution is 2.56. The number of rotatable bonds is 11. The molecule has 2 aromatic carbocycles. The minimum atomic E-state index is -0.776. The van der Waals surface area contributed by atoms with E-state index in [1.165, 1.54) is 24.3 Å². The van der Waals surface area contributed by atoms with Crippen LogP contribution in [0.1, 0.15) is 43.2 Å². The molecule has 2 aromatic rings. The number of carboxylic acids is 1. The average Bonchev–Trinajstić information content (AvgIpc) is 3.36. The van der Waals surface area contributed by atoms with Crippen LogP contribution in [0.2, 0.25) is 0 Å². The first kappa shape index (κ1) is 23.6. The highest BCUT2D eigenvalue weighted by Gasteiger charge is 2.59. The Kier molecular flexibility index (Phi) is 7.56. The number of unbranched alkanes of at least 4 members (excludes halogenated alkanes) is 1. The minimum Gasteiger partial charge on any atom is -0.481 e. The first-order valence-electron chi connectivity index (χ1n) is 11.5. The van der Waals surface area contributed by atoms with Crippen molar-refractivity contribution in [2.24, 2.45) is 11.8 Å². The van der Waals surface area contributed by atoms with Crippen molar-refractivity contribution in [1.29, 1.82) is 0 Å². The number of fused-ring (bicyclic) bond motifs is 2. The highest BCUT2D eigenvalue weighted by molar-refractivity contribution is 5.66. The molecule has 1 saturated carbocycles. The van der Waals surface area contributed by atoms with Gasteiger partial charge in [0.15, 0.2) is 0 Å². The van der Waals surface area contributed by atoms with Gasteiger partial charge in [-0.1, -0.05) is 36.4 Å². The Balaban J connectivity index is 1.45. The van der Waals surface area contributed by atoms with Crippen LogP contribution in [0.3, 0.4) is 0 Å². The predicted octanol–water partition coefficient (Wildman–Crippen LogP) is 5.66. The van der Waals surface area contributed by atoms with Gasteiger partial charge in [-0.3, -0.25) is 4.79 Å². The van der Waals surface area contributed by atoms with Gasteiger partial charge in [-0.2, -0.15) is 0 Å².